The van der Waals surface area contributed by atoms with E-state index < -0.39 is 0 Å². The minimum Gasteiger partial charge on any atom is -0.444 e. The molecule has 0 aliphatic heterocycles. The highest BCUT2D eigenvalue weighted by atomic mass is 16.4. The van der Waals surface area contributed by atoms with E-state index in [4.69, 9.17) is 4.42 Å². The van der Waals surface area contributed by atoms with E-state index in [9.17, 15) is 0 Å². The predicted molar refractivity (Wildman–Crippen MR) is 69.2 cm³/mol. The molecule has 0 unspecified atom stereocenters. The first-order valence-electron chi connectivity index (χ1n) is 6.20. The van der Waals surface area contributed by atoms with Crippen LogP contribution in [0.2, 0.25) is 0 Å². The minimum absolute atomic E-state index is 0.316. The SMILES string of the molecule is Cc1cnn(C[C@@H](C)NCc2nc(C)c(C)o2)c1. The maximum absolute atomic E-state index is 5.52. The molecule has 0 spiro atoms. The van der Waals surface area contributed by atoms with Gasteiger partial charge in [-0.05, 0) is 33.3 Å². The first-order valence-corrected chi connectivity index (χ1v) is 6.20. The summed E-state index contributed by atoms with van der Waals surface area (Å²) < 4.78 is 7.47. The molecule has 2 aromatic heterocycles. The van der Waals surface area contributed by atoms with Crippen LogP contribution in [0.4, 0.5) is 0 Å². The van der Waals surface area contributed by atoms with Crippen molar-refractivity contribution in [1.29, 1.82) is 0 Å². The van der Waals surface area contributed by atoms with E-state index in [1.807, 2.05) is 37.8 Å². The fourth-order valence-electron chi connectivity index (χ4n) is 1.79. The Morgan fingerprint density at radius 3 is 2.72 bits per heavy atom. The lowest BCUT2D eigenvalue weighted by Gasteiger charge is -2.12. The van der Waals surface area contributed by atoms with Crippen LogP contribution < -0.4 is 5.32 Å². The first kappa shape index (κ1) is 12.8. The molecule has 98 valence electrons. The van der Waals surface area contributed by atoms with Crippen molar-refractivity contribution >= 4 is 0 Å². The van der Waals surface area contributed by atoms with Crippen molar-refractivity contribution in [2.45, 2.75) is 46.8 Å². The highest BCUT2D eigenvalue weighted by molar-refractivity contribution is 5.05. The number of nitrogens with zero attached hydrogens (tertiary/aromatic N) is 3. The molecule has 0 saturated carbocycles. The summed E-state index contributed by atoms with van der Waals surface area (Å²) in [5.41, 5.74) is 2.14. The first-order chi connectivity index (χ1) is 8.54. The van der Waals surface area contributed by atoms with Crippen LogP contribution in [0.1, 0.15) is 29.8 Å². The second kappa shape index (κ2) is 5.35. The van der Waals surface area contributed by atoms with Crippen LogP contribution in [0, 0.1) is 20.8 Å². The second-order valence-corrected chi connectivity index (χ2v) is 4.77. The van der Waals surface area contributed by atoms with Crippen molar-refractivity contribution in [2.24, 2.45) is 0 Å². The van der Waals surface area contributed by atoms with Crippen molar-refractivity contribution in [2.75, 3.05) is 0 Å². The standard InChI is InChI=1S/C13H20N4O/c1-9-5-15-17(7-9)8-10(2)14-6-13-16-11(3)12(4)18-13/h5,7,10,14H,6,8H2,1-4H3/t10-/m1/s1. The Labute approximate surface area is 107 Å². The predicted octanol–water partition coefficient (Wildman–Crippen LogP) is 1.97. The van der Waals surface area contributed by atoms with Crippen LogP contribution in [0.25, 0.3) is 0 Å². The molecule has 0 aliphatic carbocycles. The molecule has 0 aromatic carbocycles. The number of hydrogen-bond donors (Lipinski definition) is 1. The number of oxazole rings is 1. The summed E-state index contributed by atoms with van der Waals surface area (Å²) in [6, 6.07) is 0.316. The molecule has 2 heterocycles. The number of nitrogens with one attached hydrogen (secondary N) is 1. The number of rotatable bonds is 5. The summed E-state index contributed by atoms with van der Waals surface area (Å²) in [5.74, 6) is 1.63. The Hall–Kier alpha value is -1.62. The fourth-order valence-corrected chi connectivity index (χ4v) is 1.79. The van der Waals surface area contributed by atoms with Crippen LogP contribution in [0.3, 0.4) is 0 Å². The van der Waals surface area contributed by atoms with Gasteiger partial charge >= 0.3 is 0 Å². The zero-order valence-electron chi connectivity index (χ0n) is 11.4. The Kier molecular flexibility index (Phi) is 3.81. The summed E-state index contributed by atoms with van der Waals surface area (Å²) in [6.07, 6.45) is 3.91. The van der Waals surface area contributed by atoms with E-state index in [2.05, 4.69) is 22.3 Å². The molecule has 2 rings (SSSR count). The normalized spacial score (nSPS) is 12.9. The van der Waals surface area contributed by atoms with Crippen molar-refractivity contribution in [3.8, 4) is 0 Å². The van der Waals surface area contributed by atoms with Crippen molar-refractivity contribution < 1.29 is 4.42 Å². The van der Waals surface area contributed by atoms with Gasteiger partial charge in [0.25, 0.3) is 0 Å². The van der Waals surface area contributed by atoms with E-state index in [-0.39, 0.29) is 0 Å². The fraction of sp³-hybridized carbons (Fsp3) is 0.538. The molecule has 0 radical (unpaired) electrons. The third kappa shape index (κ3) is 3.20. The molecular weight excluding hydrogens is 228 g/mol. The molecule has 1 N–H and O–H groups in total. The van der Waals surface area contributed by atoms with Crippen molar-refractivity contribution in [3.63, 3.8) is 0 Å². The summed E-state index contributed by atoms with van der Waals surface area (Å²) >= 11 is 0. The van der Waals surface area contributed by atoms with Crippen LogP contribution in [0.15, 0.2) is 16.8 Å². The molecule has 1 atom stereocenters. The van der Waals surface area contributed by atoms with Gasteiger partial charge < -0.3 is 9.73 Å². The van der Waals surface area contributed by atoms with Gasteiger partial charge in [-0.3, -0.25) is 4.68 Å². The molecule has 5 heteroatoms. The van der Waals surface area contributed by atoms with Gasteiger partial charge in [-0.25, -0.2) is 4.98 Å². The van der Waals surface area contributed by atoms with E-state index in [1.165, 1.54) is 5.56 Å². The van der Waals surface area contributed by atoms with E-state index in [1.54, 1.807) is 0 Å². The maximum atomic E-state index is 5.52. The summed E-state index contributed by atoms with van der Waals surface area (Å²) in [6.45, 7) is 9.54. The lowest BCUT2D eigenvalue weighted by atomic mass is 10.3. The molecule has 2 aromatic rings. The van der Waals surface area contributed by atoms with Crippen LogP contribution >= 0.6 is 0 Å². The molecule has 0 saturated heterocycles. The molecule has 18 heavy (non-hydrogen) atoms. The monoisotopic (exact) mass is 248 g/mol. The number of hydrogen-bond acceptors (Lipinski definition) is 4. The van der Waals surface area contributed by atoms with Gasteiger partial charge in [-0.2, -0.15) is 5.10 Å². The highest BCUT2D eigenvalue weighted by Crippen LogP contribution is 2.08. The van der Waals surface area contributed by atoms with Gasteiger partial charge in [0, 0.05) is 12.2 Å². The molecule has 0 aliphatic rings. The van der Waals surface area contributed by atoms with Crippen LogP contribution in [-0.2, 0) is 13.1 Å². The van der Waals surface area contributed by atoms with Gasteiger partial charge in [0.05, 0.1) is 25.0 Å². The quantitative estimate of drug-likeness (QED) is 0.879. The average Bonchev–Trinajstić information content (AvgIpc) is 2.84. The smallest absolute Gasteiger partial charge is 0.208 e. The van der Waals surface area contributed by atoms with E-state index in [0.717, 1.165) is 23.9 Å². The Balaban J connectivity index is 1.83. The third-order valence-corrected chi connectivity index (χ3v) is 2.90. The summed E-state index contributed by atoms with van der Waals surface area (Å²) in [4.78, 5) is 4.34. The zero-order chi connectivity index (χ0) is 13.1. The number of aromatic nitrogens is 3. The molecule has 5 nitrogen and oxygen atoms in total. The van der Waals surface area contributed by atoms with Gasteiger partial charge in [0.15, 0.2) is 0 Å². The van der Waals surface area contributed by atoms with Gasteiger partial charge in [0.2, 0.25) is 5.89 Å². The molecule has 0 amide bonds. The minimum atomic E-state index is 0.316. The lowest BCUT2D eigenvalue weighted by Crippen LogP contribution is -2.30. The lowest BCUT2D eigenvalue weighted by molar-refractivity contribution is 0.400. The van der Waals surface area contributed by atoms with Crippen molar-refractivity contribution in [1.82, 2.24) is 20.1 Å². The summed E-state index contributed by atoms with van der Waals surface area (Å²) in [5, 5.41) is 7.65. The highest BCUT2D eigenvalue weighted by Gasteiger charge is 2.08. The van der Waals surface area contributed by atoms with Crippen LogP contribution in [0.5, 0.6) is 0 Å². The Morgan fingerprint density at radius 2 is 2.17 bits per heavy atom. The largest absolute Gasteiger partial charge is 0.444 e. The number of aryl methyl sites for hydroxylation is 3. The van der Waals surface area contributed by atoms with Gasteiger partial charge in [-0.15, -0.1) is 0 Å². The maximum Gasteiger partial charge on any atom is 0.208 e. The van der Waals surface area contributed by atoms with Crippen molar-refractivity contribution in [3.05, 3.63) is 35.3 Å². The topological polar surface area (TPSA) is 55.9 Å². The third-order valence-electron chi connectivity index (χ3n) is 2.90. The average molecular weight is 248 g/mol. The summed E-state index contributed by atoms with van der Waals surface area (Å²) in [7, 11) is 0. The molecular formula is C13H20N4O. The van der Waals surface area contributed by atoms with E-state index in [0.29, 0.717) is 12.6 Å². The van der Waals surface area contributed by atoms with Gasteiger partial charge in [0.1, 0.15) is 5.76 Å². The van der Waals surface area contributed by atoms with E-state index >= 15 is 0 Å². The molecule has 0 bridgehead atoms. The molecule has 0 fully saturated rings. The Morgan fingerprint density at radius 1 is 1.39 bits per heavy atom. The second-order valence-electron chi connectivity index (χ2n) is 4.77. The Bertz CT molecular complexity index is 495. The zero-order valence-corrected chi connectivity index (χ0v) is 11.4. The van der Waals surface area contributed by atoms with Crippen LogP contribution in [-0.4, -0.2) is 20.8 Å². The van der Waals surface area contributed by atoms with Gasteiger partial charge in [-0.1, -0.05) is 0 Å².